The molecule has 4 heteroatoms. The lowest BCUT2D eigenvalue weighted by Gasteiger charge is -2.33. The summed E-state index contributed by atoms with van der Waals surface area (Å²) in [5, 5.41) is 2.90. The molecule has 1 atom stereocenters. The SMILES string of the molecule is CC1c2ccsc2CCN1Cc1ccc(Cl)cc1N. The summed E-state index contributed by atoms with van der Waals surface area (Å²) >= 11 is 7.82. The minimum atomic E-state index is 0.463. The van der Waals surface area contributed by atoms with Crippen molar-refractivity contribution in [3.63, 3.8) is 0 Å². The quantitative estimate of drug-likeness (QED) is 0.844. The monoisotopic (exact) mass is 292 g/mol. The molecule has 0 radical (unpaired) electrons. The Morgan fingerprint density at radius 2 is 2.26 bits per heavy atom. The Morgan fingerprint density at radius 1 is 1.42 bits per heavy atom. The van der Waals surface area contributed by atoms with Crippen molar-refractivity contribution in [2.24, 2.45) is 0 Å². The zero-order chi connectivity index (χ0) is 13.4. The maximum absolute atomic E-state index is 6.05. The molecule has 100 valence electrons. The zero-order valence-corrected chi connectivity index (χ0v) is 12.5. The molecule has 1 aromatic heterocycles. The van der Waals surface area contributed by atoms with Crippen LogP contribution in [0, 0.1) is 0 Å². The summed E-state index contributed by atoms with van der Waals surface area (Å²) in [7, 11) is 0. The third kappa shape index (κ3) is 2.50. The molecule has 19 heavy (non-hydrogen) atoms. The van der Waals surface area contributed by atoms with Gasteiger partial charge in [-0.2, -0.15) is 0 Å². The third-order valence-electron chi connectivity index (χ3n) is 3.89. The van der Waals surface area contributed by atoms with E-state index in [9.17, 15) is 0 Å². The van der Waals surface area contributed by atoms with Gasteiger partial charge in [0.05, 0.1) is 0 Å². The number of hydrogen-bond donors (Lipinski definition) is 1. The van der Waals surface area contributed by atoms with Gasteiger partial charge >= 0.3 is 0 Å². The van der Waals surface area contributed by atoms with Gasteiger partial charge in [-0.05, 0) is 48.1 Å². The number of benzene rings is 1. The average molecular weight is 293 g/mol. The summed E-state index contributed by atoms with van der Waals surface area (Å²) in [4.78, 5) is 4.02. The molecule has 0 fully saturated rings. The van der Waals surface area contributed by atoms with Gasteiger partial charge in [-0.3, -0.25) is 4.90 Å². The van der Waals surface area contributed by atoms with Gasteiger partial charge in [0.1, 0.15) is 0 Å². The van der Waals surface area contributed by atoms with Crippen molar-refractivity contribution in [3.05, 3.63) is 50.7 Å². The summed E-state index contributed by atoms with van der Waals surface area (Å²) in [6, 6.07) is 8.50. The van der Waals surface area contributed by atoms with Crippen LogP contribution in [0.4, 0.5) is 5.69 Å². The highest BCUT2D eigenvalue weighted by Gasteiger charge is 2.24. The first-order valence-corrected chi connectivity index (χ1v) is 7.75. The van der Waals surface area contributed by atoms with E-state index >= 15 is 0 Å². The van der Waals surface area contributed by atoms with Crippen LogP contribution in [0.5, 0.6) is 0 Å². The third-order valence-corrected chi connectivity index (χ3v) is 5.12. The first-order chi connectivity index (χ1) is 9.15. The summed E-state index contributed by atoms with van der Waals surface area (Å²) in [6.07, 6.45) is 1.14. The molecule has 2 N–H and O–H groups in total. The van der Waals surface area contributed by atoms with Crippen molar-refractivity contribution >= 4 is 28.6 Å². The number of fused-ring (bicyclic) bond motifs is 1. The number of thiophene rings is 1. The van der Waals surface area contributed by atoms with Crippen LogP contribution in [0.2, 0.25) is 5.02 Å². The highest BCUT2D eigenvalue weighted by molar-refractivity contribution is 7.10. The Bertz CT molecular complexity index is 594. The van der Waals surface area contributed by atoms with Crippen LogP contribution in [0.15, 0.2) is 29.6 Å². The second-order valence-corrected chi connectivity index (χ2v) is 6.48. The van der Waals surface area contributed by atoms with E-state index in [-0.39, 0.29) is 0 Å². The minimum Gasteiger partial charge on any atom is -0.398 e. The largest absolute Gasteiger partial charge is 0.398 e. The van der Waals surface area contributed by atoms with E-state index in [1.54, 1.807) is 0 Å². The number of nitrogen functional groups attached to an aromatic ring is 1. The fourth-order valence-corrected chi connectivity index (χ4v) is 3.85. The van der Waals surface area contributed by atoms with E-state index in [0.717, 1.165) is 30.8 Å². The second kappa shape index (κ2) is 5.16. The first kappa shape index (κ1) is 13.0. The van der Waals surface area contributed by atoms with Crippen LogP contribution in [0.1, 0.15) is 29.0 Å². The van der Waals surface area contributed by atoms with Gasteiger partial charge in [-0.25, -0.2) is 0 Å². The van der Waals surface area contributed by atoms with Gasteiger partial charge < -0.3 is 5.73 Å². The number of nitrogens with zero attached hydrogens (tertiary/aromatic N) is 1. The first-order valence-electron chi connectivity index (χ1n) is 6.49. The lowest BCUT2D eigenvalue weighted by atomic mass is 10.0. The van der Waals surface area contributed by atoms with Gasteiger partial charge in [-0.1, -0.05) is 17.7 Å². The van der Waals surface area contributed by atoms with Crippen LogP contribution < -0.4 is 5.73 Å². The Labute approximate surface area is 122 Å². The standard InChI is InChI=1S/C15H17ClN2S/c1-10-13-5-7-19-15(13)4-6-18(10)9-11-2-3-12(16)8-14(11)17/h2-3,5,7-8,10H,4,6,9,17H2,1H3. The Morgan fingerprint density at radius 3 is 3.05 bits per heavy atom. The highest BCUT2D eigenvalue weighted by atomic mass is 35.5. The van der Waals surface area contributed by atoms with Gasteiger partial charge in [0.25, 0.3) is 0 Å². The molecule has 1 unspecified atom stereocenters. The maximum Gasteiger partial charge on any atom is 0.0426 e. The molecule has 0 aliphatic carbocycles. The van der Waals surface area contributed by atoms with Gasteiger partial charge in [0.2, 0.25) is 0 Å². The molecule has 1 aliphatic heterocycles. The van der Waals surface area contributed by atoms with E-state index in [0.29, 0.717) is 11.1 Å². The molecule has 1 aromatic carbocycles. The van der Waals surface area contributed by atoms with Crippen molar-refractivity contribution < 1.29 is 0 Å². The summed E-state index contributed by atoms with van der Waals surface area (Å²) in [6.45, 7) is 4.26. The van der Waals surface area contributed by atoms with E-state index in [4.69, 9.17) is 17.3 Å². The summed E-state index contributed by atoms with van der Waals surface area (Å²) < 4.78 is 0. The molecule has 3 rings (SSSR count). The molecule has 2 heterocycles. The molecular weight excluding hydrogens is 276 g/mol. The molecular formula is C15H17ClN2S. The number of hydrogen-bond acceptors (Lipinski definition) is 3. The predicted octanol–water partition coefficient (Wildman–Crippen LogP) is 4.10. The highest BCUT2D eigenvalue weighted by Crippen LogP contribution is 2.34. The Balaban J connectivity index is 1.81. The van der Waals surface area contributed by atoms with Crippen LogP contribution in [-0.4, -0.2) is 11.4 Å². The van der Waals surface area contributed by atoms with Crippen molar-refractivity contribution in [2.75, 3.05) is 12.3 Å². The molecule has 0 amide bonds. The van der Waals surface area contributed by atoms with E-state index in [1.807, 2.05) is 29.5 Å². The minimum absolute atomic E-state index is 0.463. The molecule has 0 saturated carbocycles. The predicted molar refractivity (Wildman–Crippen MR) is 82.7 cm³/mol. The van der Waals surface area contributed by atoms with Gasteiger partial charge in [0, 0.05) is 34.7 Å². The van der Waals surface area contributed by atoms with Crippen molar-refractivity contribution in [2.45, 2.75) is 25.9 Å². The van der Waals surface area contributed by atoms with Gasteiger partial charge in [-0.15, -0.1) is 11.3 Å². The lowest BCUT2D eigenvalue weighted by molar-refractivity contribution is 0.192. The van der Waals surface area contributed by atoms with E-state index in [1.165, 1.54) is 10.4 Å². The van der Waals surface area contributed by atoms with Crippen molar-refractivity contribution in [1.29, 1.82) is 0 Å². The normalized spacial score (nSPS) is 19.4. The number of rotatable bonds is 2. The van der Waals surface area contributed by atoms with Crippen LogP contribution in [-0.2, 0) is 13.0 Å². The van der Waals surface area contributed by atoms with Crippen LogP contribution in [0.3, 0.4) is 0 Å². The zero-order valence-electron chi connectivity index (χ0n) is 10.9. The van der Waals surface area contributed by atoms with Crippen molar-refractivity contribution in [1.82, 2.24) is 4.90 Å². The molecule has 0 bridgehead atoms. The smallest absolute Gasteiger partial charge is 0.0426 e. The summed E-state index contributed by atoms with van der Waals surface area (Å²) in [5.74, 6) is 0. The van der Waals surface area contributed by atoms with Crippen LogP contribution >= 0.6 is 22.9 Å². The van der Waals surface area contributed by atoms with Crippen LogP contribution in [0.25, 0.3) is 0 Å². The molecule has 1 aliphatic rings. The van der Waals surface area contributed by atoms with E-state index in [2.05, 4.69) is 23.3 Å². The number of nitrogens with two attached hydrogens (primary N) is 1. The molecule has 0 spiro atoms. The van der Waals surface area contributed by atoms with E-state index < -0.39 is 0 Å². The molecule has 2 nitrogen and oxygen atoms in total. The maximum atomic E-state index is 6.05. The lowest BCUT2D eigenvalue weighted by Crippen LogP contribution is -2.32. The fourth-order valence-electron chi connectivity index (χ4n) is 2.71. The Kier molecular flexibility index (Phi) is 3.52. The fraction of sp³-hybridized carbons (Fsp3) is 0.333. The number of halogens is 1. The van der Waals surface area contributed by atoms with Gasteiger partial charge in [0.15, 0.2) is 0 Å². The van der Waals surface area contributed by atoms with Crippen molar-refractivity contribution in [3.8, 4) is 0 Å². The molecule has 0 saturated heterocycles. The average Bonchev–Trinajstić information content (AvgIpc) is 2.85. The molecule has 2 aromatic rings. The Hall–Kier alpha value is -1.03. The number of anilines is 1. The summed E-state index contributed by atoms with van der Waals surface area (Å²) in [5.41, 5.74) is 9.48. The topological polar surface area (TPSA) is 29.3 Å². The second-order valence-electron chi connectivity index (χ2n) is 5.04.